The van der Waals surface area contributed by atoms with E-state index in [1.807, 2.05) is 18.2 Å². The zero-order valence-corrected chi connectivity index (χ0v) is 15.2. The van der Waals surface area contributed by atoms with Crippen molar-refractivity contribution in [2.45, 2.75) is 45.3 Å². The Hall–Kier alpha value is -2.34. The van der Waals surface area contributed by atoms with E-state index in [1.54, 1.807) is 13.2 Å². The number of esters is 1. The molecule has 1 amide bonds. The molecule has 2 aromatic rings. The average Bonchev–Trinajstić information content (AvgIpc) is 3.01. The number of methoxy groups -OCH3 is 1. The second-order valence-electron chi connectivity index (χ2n) is 6.85. The van der Waals surface area contributed by atoms with Crippen molar-refractivity contribution in [1.29, 1.82) is 0 Å². The van der Waals surface area contributed by atoms with Crippen molar-refractivity contribution >= 4 is 22.8 Å². The third kappa shape index (κ3) is 4.07. The van der Waals surface area contributed by atoms with E-state index in [9.17, 15) is 9.59 Å². The van der Waals surface area contributed by atoms with Crippen LogP contribution in [0.1, 0.15) is 48.7 Å². The molecule has 6 heteroatoms. The molecule has 0 radical (unpaired) electrons. The summed E-state index contributed by atoms with van der Waals surface area (Å²) in [6.45, 7) is 2.06. The maximum Gasteiger partial charge on any atom is 0.375 e. The van der Waals surface area contributed by atoms with E-state index >= 15 is 0 Å². The van der Waals surface area contributed by atoms with E-state index in [-0.39, 0.29) is 30.9 Å². The van der Waals surface area contributed by atoms with E-state index in [0.29, 0.717) is 17.1 Å². The molecule has 1 N–H and O–H groups in total. The molecule has 0 spiro atoms. The Morgan fingerprint density at radius 2 is 2.00 bits per heavy atom. The van der Waals surface area contributed by atoms with Crippen molar-refractivity contribution in [2.75, 3.05) is 13.7 Å². The highest BCUT2D eigenvalue weighted by atomic mass is 16.5. The molecule has 2 atom stereocenters. The second kappa shape index (κ2) is 8.36. The van der Waals surface area contributed by atoms with Gasteiger partial charge in [0.1, 0.15) is 5.58 Å². The van der Waals surface area contributed by atoms with Crippen LogP contribution in [0.3, 0.4) is 0 Å². The number of hydrogen-bond donors (Lipinski definition) is 1. The van der Waals surface area contributed by atoms with Gasteiger partial charge in [0.25, 0.3) is 5.91 Å². The maximum atomic E-state index is 12.4. The van der Waals surface area contributed by atoms with Crippen molar-refractivity contribution in [2.24, 2.45) is 5.92 Å². The lowest BCUT2D eigenvalue weighted by Gasteiger charge is -2.29. The Morgan fingerprint density at radius 1 is 1.23 bits per heavy atom. The van der Waals surface area contributed by atoms with Gasteiger partial charge in [-0.3, -0.25) is 4.79 Å². The fourth-order valence-electron chi connectivity index (χ4n) is 3.53. The summed E-state index contributed by atoms with van der Waals surface area (Å²) in [5.41, 5.74) is 1.22. The van der Waals surface area contributed by atoms with Gasteiger partial charge in [-0.05, 0) is 24.8 Å². The van der Waals surface area contributed by atoms with Gasteiger partial charge in [0.05, 0.1) is 6.61 Å². The highest BCUT2D eigenvalue weighted by molar-refractivity contribution is 5.96. The van der Waals surface area contributed by atoms with Gasteiger partial charge in [-0.1, -0.05) is 38.0 Å². The van der Waals surface area contributed by atoms with Crippen molar-refractivity contribution < 1.29 is 23.5 Å². The number of benzene rings is 1. The molecule has 1 heterocycles. The molecule has 6 nitrogen and oxygen atoms in total. The lowest BCUT2D eigenvalue weighted by molar-refractivity contribution is -0.125. The Balaban J connectivity index is 1.63. The SMILES string of the molecule is COCc1c(C(=O)OCC(=O)NC2CCCCC2C)oc2ccccc12. The fraction of sp³-hybridized carbons (Fsp3) is 0.500. The van der Waals surface area contributed by atoms with Crippen LogP contribution < -0.4 is 5.32 Å². The Morgan fingerprint density at radius 3 is 2.77 bits per heavy atom. The van der Waals surface area contributed by atoms with Crippen molar-refractivity contribution in [1.82, 2.24) is 5.32 Å². The maximum absolute atomic E-state index is 12.4. The normalized spacial score (nSPS) is 20.1. The third-order valence-corrected chi connectivity index (χ3v) is 4.96. The molecule has 1 aliphatic rings. The number of carbonyl (C=O) groups is 2. The zero-order valence-electron chi connectivity index (χ0n) is 15.2. The van der Waals surface area contributed by atoms with Gasteiger partial charge in [-0.15, -0.1) is 0 Å². The summed E-state index contributed by atoms with van der Waals surface area (Å²) >= 11 is 0. The number of ether oxygens (including phenoxy) is 2. The minimum absolute atomic E-state index is 0.0897. The molecule has 1 fully saturated rings. The highest BCUT2D eigenvalue weighted by Crippen LogP contribution is 2.27. The summed E-state index contributed by atoms with van der Waals surface area (Å²) < 4.78 is 16.0. The largest absolute Gasteiger partial charge is 0.450 e. The van der Waals surface area contributed by atoms with Gasteiger partial charge in [0.15, 0.2) is 6.61 Å². The Labute approximate surface area is 152 Å². The van der Waals surface area contributed by atoms with Gasteiger partial charge in [-0.2, -0.15) is 0 Å². The van der Waals surface area contributed by atoms with Gasteiger partial charge >= 0.3 is 5.97 Å². The first-order chi connectivity index (χ1) is 12.6. The van der Waals surface area contributed by atoms with Gasteiger partial charge in [-0.25, -0.2) is 4.79 Å². The summed E-state index contributed by atoms with van der Waals surface area (Å²) in [5, 5.41) is 3.78. The topological polar surface area (TPSA) is 77.8 Å². The van der Waals surface area contributed by atoms with Crippen molar-refractivity contribution in [3.05, 3.63) is 35.6 Å². The predicted molar refractivity (Wildman–Crippen MR) is 96.8 cm³/mol. The van der Waals surface area contributed by atoms with E-state index in [4.69, 9.17) is 13.9 Å². The van der Waals surface area contributed by atoms with Crippen LogP contribution in [0.25, 0.3) is 11.0 Å². The number of fused-ring (bicyclic) bond motifs is 1. The minimum atomic E-state index is -0.653. The first kappa shape index (κ1) is 18.5. The Bertz CT molecular complexity index is 782. The molecule has 3 rings (SSSR count). The monoisotopic (exact) mass is 359 g/mol. The molecule has 26 heavy (non-hydrogen) atoms. The fourth-order valence-corrected chi connectivity index (χ4v) is 3.53. The summed E-state index contributed by atoms with van der Waals surface area (Å²) in [4.78, 5) is 24.6. The number of para-hydroxylation sites is 1. The molecule has 1 saturated carbocycles. The minimum Gasteiger partial charge on any atom is -0.450 e. The highest BCUT2D eigenvalue weighted by Gasteiger charge is 2.25. The summed E-state index contributed by atoms with van der Waals surface area (Å²) in [6.07, 6.45) is 4.41. The average molecular weight is 359 g/mol. The van der Waals surface area contributed by atoms with Crippen LogP contribution in [0, 0.1) is 5.92 Å². The number of hydrogen-bond acceptors (Lipinski definition) is 5. The van der Waals surface area contributed by atoms with E-state index in [2.05, 4.69) is 12.2 Å². The first-order valence-electron chi connectivity index (χ1n) is 9.06. The summed E-state index contributed by atoms with van der Waals surface area (Å²) in [5.74, 6) is -0.388. The molecular formula is C20H25NO5. The van der Waals surface area contributed by atoms with Gasteiger partial charge < -0.3 is 19.2 Å². The van der Waals surface area contributed by atoms with Crippen LogP contribution in [0.5, 0.6) is 0 Å². The molecular weight excluding hydrogens is 334 g/mol. The standard InChI is InChI=1S/C20H25NO5/c1-13-7-3-5-9-16(13)21-18(22)12-25-20(23)19-15(11-24-2)14-8-4-6-10-17(14)26-19/h4,6,8,10,13,16H,3,5,7,9,11-12H2,1-2H3,(H,21,22). The van der Waals surface area contributed by atoms with Crippen molar-refractivity contribution in [3.8, 4) is 0 Å². The van der Waals surface area contributed by atoms with Crippen LogP contribution in [-0.4, -0.2) is 31.6 Å². The van der Waals surface area contributed by atoms with Crippen molar-refractivity contribution in [3.63, 3.8) is 0 Å². The summed E-state index contributed by atoms with van der Waals surface area (Å²) in [6, 6.07) is 7.50. The van der Waals surface area contributed by atoms with E-state index in [0.717, 1.165) is 24.6 Å². The number of furan rings is 1. The molecule has 1 aromatic carbocycles. The van der Waals surface area contributed by atoms with Crippen LogP contribution in [0.15, 0.2) is 28.7 Å². The number of amides is 1. The van der Waals surface area contributed by atoms with Crippen LogP contribution in [0.2, 0.25) is 0 Å². The molecule has 1 aliphatic carbocycles. The smallest absolute Gasteiger partial charge is 0.375 e. The predicted octanol–water partition coefficient (Wildman–Crippen LogP) is 3.43. The Kier molecular flexibility index (Phi) is 5.93. The summed E-state index contributed by atoms with van der Waals surface area (Å²) in [7, 11) is 1.55. The molecule has 2 unspecified atom stereocenters. The molecule has 0 saturated heterocycles. The molecule has 0 bridgehead atoms. The quantitative estimate of drug-likeness (QED) is 0.800. The molecule has 1 aromatic heterocycles. The van der Waals surface area contributed by atoms with Gasteiger partial charge in [0.2, 0.25) is 5.76 Å². The lowest BCUT2D eigenvalue weighted by Crippen LogP contribution is -2.42. The van der Waals surface area contributed by atoms with Crippen LogP contribution in [0.4, 0.5) is 0 Å². The molecule has 140 valence electrons. The van der Waals surface area contributed by atoms with Crippen LogP contribution >= 0.6 is 0 Å². The van der Waals surface area contributed by atoms with E-state index in [1.165, 1.54) is 6.42 Å². The second-order valence-corrected chi connectivity index (χ2v) is 6.85. The number of rotatable bonds is 6. The van der Waals surface area contributed by atoms with Gasteiger partial charge in [0, 0.05) is 24.1 Å². The zero-order chi connectivity index (χ0) is 18.5. The number of carbonyl (C=O) groups excluding carboxylic acids is 2. The van der Waals surface area contributed by atoms with E-state index < -0.39 is 5.97 Å². The number of nitrogens with one attached hydrogen (secondary N) is 1. The van der Waals surface area contributed by atoms with Crippen LogP contribution in [-0.2, 0) is 20.9 Å². The molecule has 0 aliphatic heterocycles. The third-order valence-electron chi connectivity index (χ3n) is 4.96. The lowest BCUT2D eigenvalue weighted by atomic mass is 9.86. The first-order valence-corrected chi connectivity index (χ1v) is 9.06.